The Hall–Kier alpha value is -4.54. The first kappa shape index (κ1) is 30.5. The number of carbonyl (C=O) groups is 1. The average Bonchev–Trinajstić information content (AvgIpc) is 3.40. The van der Waals surface area contributed by atoms with Crippen LogP contribution < -0.4 is 5.32 Å². The highest BCUT2D eigenvalue weighted by Crippen LogP contribution is 2.35. The van der Waals surface area contributed by atoms with Crippen molar-refractivity contribution in [3.05, 3.63) is 113 Å². The molecule has 0 atom stereocenters. The van der Waals surface area contributed by atoms with Crippen molar-refractivity contribution in [2.24, 2.45) is 7.05 Å². The zero-order chi connectivity index (χ0) is 31.7. The Balaban J connectivity index is 1.25. The Morgan fingerprint density at radius 1 is 0.889 bits per heavy atom. The van der Waals surface area contributed by atoms with E-state index in [0.29, 0.717) is 30.9 Å². The van der Waals surface area contributed by atoms with Crippen LogP contribution in [0.25, 0.3) is 22.4 Å². The lowest BCUT2D eigenvalue weighted by molar-refractivity contribution is -0.138. The molecule has 0 unspecified atom stereocenters. The number of likely N-dealkylation sites (N-methyl/N-ethyl adjacent to an activating group) is 1. The molecule has 6 rings (SSSR count). The normalized spacial score (nSPS) is 14.6. The van der Waals surface area contributed by atoms with Gasteiger partial charge in [0.1, 0.15) is 0 Å². The molecule has 1 N–H and O–H groups in total. The maximum atomic E-state index is 14.1. The third-order valence-electron chi connectivity index (χ3n) is 8.46. The summed E-state index contributed by atoms with van der Waals surface area (Å²) in [6.07, 6.45) is -2.15. The molecule has 3 heterocycles. The number of halogens is 3. The van der Waals surface area contributed by atoms with Crippen molar-refractivity contribution in [1.29, 1.82) is 0 Å². The van der Waals surface area contributed by atoms with Crippen LogP contribution in [0.15, 0.2) is 79.0 Å². The summed E-state index contributed by atoms with van der Waals surface area (Å²) in [5.74, 6) is 0.139. The molecule has 1 aliphatic rings. The maximum Gasteiger partial charge on any atom is 0.416 e. The van der Waals surface area contributed by atoms with Crippen LogP contribution in [0.1, 0.15) is 38.3 Å². The van der Waals surface area contributed by atoms with Crippen LogP contribution in [-0.4, -0.2) is 63.5 Å². The van der Waals surface area contributed by atoms with E-state index in [1.807, 2.05) is 79.1 Å². The molecule has 45 heavy (non-hydrogen) atoms. The summed E-state index contributed by atoms with van der Waals surface area (Å²) in [6.45, 7) is 5.22. The zero-order valence-corrected chi connectivity index (χ0v) is 25.5. The van der Waals surface area contributed by atoms with Crippen LogP contribution in [0.2, 0.25) is 0 Å². The number of hydrogen-bond donors (Lipinski definition) is 1. The van der Waals surface area contributed by atoms with Gasteiger partial charge in [0.2, 0.25) is 0 Å². The summed E-state index contributed by atoms with van der Waals surface area (Å²) in [4.78, 5) is 27.2. The van der Waals surface area contributed by atoms with Crippen LogP contribution in [0.5, 0.6) is 0 Å². The van der Waals surface area contributed by atoms with Crippen molar-refractivity contribution < 1.29 is 18.0 Å². The summed E-state index contributed by atoms with van der Waals surface area (Å²) in [6, 6.07) is 21.1. The van der Waals surface area contributed by atoms with Crippen LogP contribution in [0.4, 0.5) is 18.9 Å². The van der Waals surface area contributed by atoms with Crippen molar-refractivity contribution in [2.45, 2.75) is 26.1 Å². The SMILES string of the molecule is Cc1ccc(C(=O)Nc2ccc(CN3CCN(C)CC3)c(C(F)(F)F)c2)cc1Cc1nc(-c2ccccc2)nc2ccn(C)c12. The van der Waals surface area contributed by atoms with E-state index in [2.05, 4.69) is 10.2 Å². The standard InChI is InChI=1S/C35H35F3N6O/c1-23-9-10-25(19-27(23)20-31-32-30(13-14-43(32)3)40-33(41-31)24-7-5-4-6-8-24)34(45)39-28-12-11-26(29(21-28)35(36,37)38)22-44-17-15-42(2)16-18-44/h4-14,19,21H,15-18,20,22H2,1-3H3,(H,39,45). The van der Waals surface area contributed by atoms with Crippen molar-refractivity contribution in [3.63, 3.8) is 0 Å². The number of amides is 1. The van der Waals surface area contributed by atoms with Gasteiger partial charge in [-0.1, -0.05) is 42.5 Å². The number of hydrogen-bond acceptors (Lipinski definition) is 5. The van der Waals surface area contributed by atoms with Gasteiger partial charge in [-0.05, 0) is 61.0 Å². The molecule has 10 heteroatoms. The number of nitrogens with one attached hydrogen (secondary N) is 1. The molecule has 1 fully saturated rings. The number of nitrogens with zero attached hydrogens (tertiary/aromatic N) is 5. The third-order valence-corrected chi connectivity index (χ3v) is 8.46. The summed E-state index contributed by atoms with van der Waals surface area (Å²) in [7, 11) is 3.95. The first-order valence-electron chi connectivity index (χ1n) is 14.9. The minimum atomic E-state index is -4.54. The van der Waals surface area contributed by atoms with Crippen LogP contribution in [0.3, 0.4) is 0 Å². The molecule has 232 valence electrons. The fourth-order valence-electron chi connectivity index (χ4n) is 5.81. The average molecular weight is 613 g/mol. The van der Waals surface area contributed by atoms with E-state index in [9.17, 15) is 18.0 Å². The Morgan fingerprint density at radius 3 is 2.38 bits per heavy atom. The molecule has 3 aromatic carbocycles. The van der Waals surface area contributed by atoms with E-state index in [4.69, 9.17) is 9.97 Å². The summed E-state index contributed by atoms with van der Waals surface area (Å²) in [5, 5.41) is 2.69. The van der Waals surface area contributed by atoms with E-state index in [1.165, 1.54) is 6.07 Å². The van der Waals surface area contributed by atoms with Crippen LogP contribution in [-0.2, 0) is 26.2 Å². The number of alkyl halides is 3. The van der Waals surface area contributed by atoms with Gasteiger partial charge in [-0.2, -0.15) is 13.2 Å². The summed E-state index contributed by atoms with van der Waals surface area (Å²) >= 11 is 0. The predicted octanol–water partition coefficient (Wildman–Crippen LogP) is 6.55. The van der Waals surface area contributed by atoms with Crippen LogP contribution in [0, 0.1) is 6.92 Å². The molecule has 5 aromatic rings. The number of rotatable bonds is 7. The van der Waals surface area contributed by atoms with Crippen molar-refractivity contribution in [2.75, 3.05) is 38.5 Å². The van der Waals surface area contributed by atoms with Crippen molar-refractivity contribution in [1.82, 2.24) is 24.3 Å². The number of carbonyl (C=O) groups excluding carboxylic acids is 1. The molecule has 1 aliphatic heterocycles. The second-order valence-electron chi connectivity index (χ2n) is 11.7. The molecule has 1 amide bonds. The number of aryl methyl sites for hydroxylation is 2. The number of piperazine rings is 1. The predicted molar refractivity (Wildman–Crippen MR) is 170 cm³/mol. The van der Waals surface area contributed by atoms with Gasteiger partial charge in [0.05, 0.1) is 22.3 Å². The number of fused-ring (bicyclic) bond motifs is 1. The van der Waals surface area contributed by atoms with Crippen LogP contribution >= 0.6 is 0 Å². The van der Waals surface area contributed by atoms with Gasteiger partial charge in [-0.25, -0.2) is 9.97 Å². The van der Waals surface area contributed by atoms with Gasteiger partial charge in [0.25, 0.3) is 5.91 Å². The van der Waals surface area contributed by atoms with Gasteiger partial charge in [-0.15, -0.1) is 0 Å². The third kappa shape index (κ3) is 6.77. The van der Waals surface area contributed by atoms with E-state index in [1.54, 1.807) is 18.2 Å². The molecule has 1 saturated heterocycles. The summed E-state index contributed by atoms with van der Waals surface area (Å²) < 4.78 is 44.3. The molecular formula is C35H35F3N6O. The number of benzene rings is 3. The van der Waals surface area contributed by atoms with Gasteiger partial charge in [0.15, 0.2) is 5.82 Å². The molecule has 0 spiro atoms. The highest BCUT2D eigenvalue weighted by Gasteiger charge is 2.34. The fraction of sp³-hybridized carbons (Fsp3) is 0.286. The lowest BCUT2D eigenvalue weighted by Gasteiger charge is -2.33. The topological polar surface area (TPSA) is 66.3 Å². The number of anilines is 1. The monoisotopic (exact) mass is 612 g/mol. The minimum Gasteiger partial charge on any atom is -0.348 e. The van der Waals surface area contributed by atoms with Gasteiger partial charge < -0.3 is 14.8 Å². The maximum absolute atomic E-state index is 14.1. The van der Waals surface area contributed by atoms with E-state index in [-0.39, 0.29) is 17.8 Å². The lowest BCUT2D eigenvalue weighted by Crippen LogP contribution is -2.44. The second-order valence-corrected chi connectivity index (χ2v) is 11.7. The van der Waals surface area contributed by atoms with Gasteiger partial charge in [0, 0.05) is 69.2 Å². The van der Waals surface area contributed by atoms with Gasteiger partial charge in [-0.3, -0.25) is 9.69 Å². The van der Waals surface area contributed by atoms with E-state index >= 15 is 0 Å². The molecule has 7 nitrogen and oxygen atoms in total. The first-order valence-corrected chi connectivity index (χ1v) is 14.9. The van der Waals surface area contributed by atoms with E-state index in [0.717, 1.165) is 52.6 Å². The Labute approximate surface area is 260 Å². The van der Waals surface area contributed by atoms with Gasteiger partial charge >= 0.3 is 6.18 Å². The largest absolute Gasteiger partial charge is 0.416 e. The minimum absolute atomic E-state index is 0.102. The first-order chi connectivity index (χ1) is 21.5. The van der Waals surface area contributed by atoms with E-state index < -0.39 is 17.6 Å². The zero-order valence-electron chi connectivity index (χ0n) is 25.5. The smallest absolute Gasteiger partial charge is 0.348 e. The molecular weight excluding hydrogens is 577 g/mol. The fourth-order valence-corrected chi connectivity index (χ4v) is 5.81. The Bertz CT molecular complexity index is 1840. The van der Waals surface area contributed by atoms with Crippen molar-refractivity contribution in [3.8, 4) is 11.4 Å². The molecule has 0 saturated carbocycles. The Kier molecular flexibility index (Phi) is 8.44. The lowest BCUT2D eigenvalue weighted by atomic mass is 9.99. The highest BCUT2D eigenvalue weighted by atomic mass is 19.4. The number of aromatic nitrogens is 3. The van der Waals surface area contributed by atoms with Crippen molar-refractivity contribution >= 4 is 22.6 Å². The molecule has 0 bridgehead atoms. The second kappa shape index (κ2) is 12.5. The highest BCUT2D eigenvalue weighted by molar-refractivity contribution is 6.04. The summed E-state index contributed by atoms with van der Waals surface area (Å²) in [5.41, 5.74) is 5.24. The molecule has 0 aliphatic carbocycles. The molecule has 2 aromatic heterocycles. The molecule has 0 radical (unpaired) electrons. The quantitative estimate of drug-likeness (QED) is 0.226. The Morgan fingerprint density at radius 2 is 1.64 bits per heavy atom.